The van der Waals surface area contributed by atoms with E-state index >= 15 is 0 Å². The summed E-state index contributed by atoms with van der Waals surface area (Å²) in [5.41, 5.74) is -0.738. The van der Waals surface area contributed by atoms with E-state index in [1.807, 2.05) is 0 Å². The molecule has 0 amide bonds. The average Bonchev–Trinajstić information content (AvgIpc) is 2.15. The molecule has 1 saturated heterocycles. The van der Waals surface area contributed by atoms with Crippen LogP contribution in [0.5, 0.6) is 0 Å². The molecule has 0 aromatic carbocycles. The first-order chi connectivity index (χ1) is 7.02. The van der Waals surface area contributed by atoms with Crippen LogP contribution in [0.3, 0.4) is 0 Å². The van der Waals surface area contributed by atoms with Crippen molar-refractivity contribution in [2.45, 2.75) is 18.5 Å². The quantitative estimate of drug-likeness (QED) is 0.368. The Morgan fingerprint density at radius 3 is 2.67 bits per heavy atom. The molecule has 15 heavy (non-hydrogen) atoms. The molecular weight excluding hydrogens is 204 g/mol. The van der Waals surface area contributed by atoms with Crippen molar-refractivity contribution in [3.63, 3.8) is 0 Å². The monoisotopic (exact) mass is 218 g/mol. The number of methoxy groups -OCH3 is 1. The summed E-state index contributed by atoms with van der Waals surface area (Å²) in [5.74, 6) is -0.447. The Bertz CT molecular complexity index is 264. The largest absolute Gasteiger partial charge is 0.468 e. The van der Waals surface area contributed by atoms with Crippen LogP contribution in [-0.4, -0.2) is 49.3 Å². The summed E-state index contributed by atoms with van der Waals surface area (Å²) >= 11 is 0. The number of nitrogens with zero attached hydrogens (tertiary/aromatic N) is 1. The third-order valence-electron chi connectivity index (χ3n) is 2.65. The van der Waals surface area contributed by atoms with Crippen molar-refractivity contribution in [2.75, 3.05) is 26.9 Å². The molecule has 1 fully saturated rings. The minimum atomic E-state index is -0.795. The lowest BCUT2D eigenvalue weighted by Crippen LogP contribution is -2.69. The summed E-state index contributed by atoms with van der Waals surface area (Å²) in [5, 5.41) is 13.5. The summed E-state index contributed by atoms with van der Waals surface area (Å²) in [6.07, 6.45) is 0. The molecule has 1 unspecified atom stereocenters. The van der Waals surface area contributed by atoms with Crippen molar-refractivity contribution in [1.29, 1.82) is 0 Å². The van der Waals surface area contributed by atoms with E-state index in [-0.39, 0.29) is 24.7 Å². The lowest BCUT2D eigenvalue weighted by Gasteiger charge is -2.41. The highest BCUT2D eigenvalue weighted by Crippen LogP contribution is 2.22. The Balaban J connectivity index is 2.53. The fourth-order valence-electron chi connectivity index (χ4n) is 1.34. The number of rotatable bonds is 5. The van der Waals surface area contributed by atoms with Gasteiger partial charge in [-0.3, -0.25) is 20.2 Å². The number of hydrogen-bond donors (Lipinski definition) is 1. The number of hydrogen-bond acceptors (Lipinski definition) is 6. The summed E-state index contributed by atoms with van der Waals surface area (Å²) in [6.45, 7) is 1.93. The Hall–Kier alpha value is -1.21. The smallest absolute Gasteiger partial charge is 0.319 e. The first-order valence-electron chi connectivity index (χ1n) is 4.55. The first-order valence-corrected chi connectivity index (χ1v) is 4.55. The third kappa shape index (κ3) is 2.42. The van der Waals surface area contributed by atoms with Gasteiger partial charge in [-0.05, 0) is 0 Å². The van der Waals surface area contributed by atoms with Gasteiger partial charge in [-0.25, -0.2) is 0 Å². The molecule has 0 aliphatic carbocycles. The molecule has 0 saturated carbocycles. The molecule has 1 rings (SSSR count). The Morgan fingerprint density at radius 1 is 1.73 bits per heavy atom. The molecule has 0 spiro atoms. The second-order valence-electron chi connectivity index (χ2n) is 3.54. The van der Waals surface area contributed by atoms with Gasteiger partial charge in [0.1, 0.15) is 5.54 Å². The number of nitro groups is 1. The van der Waals surface area contributed by atoms with Crippen molar-refractivity contribution in [1.82, 2.24) is 5.32 Å². The van der Waals surface area contributed by atoms with Crippen molar-refractivity contribution in [3.8, 4) is 0 Å². The van der Waals surface area contributed by atoms with Gasteiger partial charge in [-0.2, -0.15) is 0 Å². The van der Waals surface area contributed by atoms with Gasteiger partial charge in [0, 0.05) is 11.8 Å². The predicted octanol–water partition coefficient (Wildman–Crippen LogP) is -0.817. The second kappa shape index (κ2) is 4.54. The van der Waals surface area contributed by atoms with E-state index in [0.717, 1.165) is 0 Å². The van der Waals surface area contributed by atoms with E-state index in [0.29, 0.717) is 0 Å². The Morgan fingerprint density at radius 2 is 2.33 bits per heavy atom. The first kappa shape index (κ1) is 11.9. The molecule has 0 aromatic heterocycles. The van der Waals surface area contributed by atoms with Gasteiger partial charge >= 0.3 is 5.97 Å². The van der Waals surface area contributed by atoms with E-state index < -0.39 is 17.6 Å². The standard InChI is InChI=1S/C8H14N2O5/c1-6(10(12)13)8(4-15-5-8)9-3-7(11)14-2/h6,9H,3-5H2,1-2H3. The van der Waals surface area contributed by atoms with Gasteiger partial charge in [0.2, 0.25) is 6.04 Å². The second-order valence-corrected chi connectivity index (χ2v) is 3.54. The van der Waals surface area contributed by atoms with Gasteiger partial charge < -0.3 is 9.47 Å². The fourth-order valence-corrected chi connectivity index (χ4v) is 1.34. The highest BCUT2D eigenvalue weighted by molar-refractivity contribution is 5.71. The maximum atomic E-state index is 10.9. The Labute approximate surface area is 86.9 Å². The lowest BCUT2D eigenvalue weighted by molar-refractivity contribution is -0.538. The van der Waals surface area contributed by atoms with Gasteiger partial charge in [-0.1, -0.05) is 0 Å². The molecule has 1 aliphatic heterocycles. The van der Waals surface area contributed by atoms with Gasteiger partial charge in [-0.15, -0.1) is 0 Å². The van der Waals surface area contributed by atoms with Crippen molar-refractivity contribution >= 4 is 5.97 Å². The third-order valence-corrected chi connectivity index (χ3v) is 2.65. The van der Waals surface area contributed by atoms with Crippen molar-refractivity contribution < 1.29 is 19.2 Å². The maximum absolute atomic E-state index is 10.9. The number of ether oxygens (including phenoxy) is 2. The zero-order valence-corrected chi connectivity index (χ0v) is 8.69. The number of nitrogens with one attached hydrogen (secondary N) is 1. The van der Waals surface area contributed by atoms with Crippen molar-refractivity contribution in [3.05, 3.63) is 10.1 Å². The van der Waals surface area contributed by atoms with E-state index in [4.69, 9.17) is 4.74 Å². The number of carbonyl (C=O) groups is 1. The highest BCUT2D eigenvalue weighted by Gasteiger charge is 2.50. The van der Waals surface area contributed by atoms with Crippen LogP contribution in [0.1, 0.15) is 6.92 Å². The fraction of sp³-hybridized carbons (Fsp3) is 0.875. The molecular formula is C8H14N2O5. The highest BCUT2D eigenvalue weighted by atomic mass is 16.6. The minimum absolute atomic E-state index is 0.0436. The average molecular weight is 218 g/mol. The van der Waals surface area contributed by atoms with Crippen LogP contribution in [0.2, 0.25) is 0 Å². The summed E-state index contributed by atoms with van der Waals surface area (Å²) in [7, 11) is 1.27. The molecule has 1 atom stereocenters. The summed E-state index contributed by atoms with van der Waals surface area (Å²) in [4.78, 5) is 21.2. The number of esters is 1. The Kier molecular flexibility index (Phi) is 3.59. The molecule has 0 radical (unpaired) electrons. The topological polar surface area (TPSA) is 90.7 Å². The van der Waals surface area contributed by atoms with Crippen LogP contribution in [0, 0.1) is 10.1 Å². The molecule has 1 heterocycles. The van der Waals surface area contributed by atoms with Crippen molar-refractivity contribution in [2.24, 2.45) is 0 Å². The SMILES string of the molecule is COC(=O)CNC1(C(C)[N+](=O)[O-])COC1. The van der Waals surface area contributed by atoms with Gasteiger partial charge in [0.25, 0.3) is 0 Å². The molecule has 7 heteroatoms. The molecule has 7 nitrogen and oxygen atoms in total. The molecule has 1 N–H and O–H groups in total. The predicted molar refractivity (Wildman–Crippen MR) is 50.0 cm³/mol. The van der Waals surface area contributed by atoms with Crippen LogP contribution in [0.15, 0.2) is 0 Å². The molecule has 1 aliphatic rings. The van der Waals surface area contributed by atoms with Crippen LogP contribution < -0.4 is 5.32 Å². The maximum Gasteiger partial charge on any atom is 0.319 e. The van der Waals surface area contributed by atoms with E-state index in [9.17, 15) is 14.9 Å². The van der Waals surface area contributed by atoms with E-state index in [1.165, 1.54) is 14.0 Å². The summed E-state index contributed by atoms with van der Waals surface area (Å²) in [6, 6.07) is -0.795. The van der Waals surface area contributed by atoms with Crippen LogP contribution in [0.4, 0.5) is 0 Å². The summed E-state index contributed by atoms with van der Waals surface area (Å²) < 4.78 is 9.40. The minimum Gasteiger partial charge on any atom is -0.468 e. The van der Waals surface area contributed by atoms with E-state index in [2.05, 4.69) is 10.1 Å². The van der Waals surface area contributed by atoms with E-state index in [1.54, 1.807) is 0 Å². The normalized spacial score (nSPS) is 20.1. The van der Waals surface area contributed by atoms with Gasteiger partial charge in [0.15, 0.2) is 0 Å². The molecule has 0 aromatic rings. The molecule has 0 bridgehead atoms. The zero-order chi connectivity index (χ0) is 11.5. The van der Waals surface area contributed by atoms with Crippen LogP contribution in [-0.2, 0) is 14.3 Å². The van der Waals surface area contributed by atoms with Gasteiger partial charge in [0.05, 0.1) is 26.9 Å². The number of carbonyl (C=O) groups excluding carboxylic acids is 1. The molecule has 86 valence electrons. The lowest BCUT2D eigenvalue weighted by atomic mass is 9.89. The van der Waals surface area contributed by atoms with Crippen LogP contribution >= 0.6 is 0 Å². The zero-order valence-electron chi connectivity index (χ0n) is 8.69. The van der Waals surface area contributed by atoms with Crippen LogP contribution in [0.25, 0.3) is 0 Å².